The quantitative estimate of drug-likeness (QED) is 0.124. The Hall–Kier alpha value is -5.59. The van der Waals surface area contributed by atoms with Crippen LogP contribution in [0.2, 0.25) is 0 Å². The van der Waals surface area contributed by atoms with E-state index in [-0.39, 0.29) is 17.6 Å². The topological polar surface area (TPSA) is 92.3 Å². The summed E-state index contributed by atoms with van der Waals surface area (Å²) >= 11 is 0. The highest BCUT2D eigenvalue weighted by molar-refractivity contribution is 6.02. The fourth-order valence-electron chi connectivity index (χ4n) is 5.80. The Morgan fingerprint density at radius 1 is 0.957 bits per heavy atom. The van der Waals surface area contributed by atoms with E-state index in [1.165, 1.54) is 12.1 Å². The molecule has 6 rings (SSSR count). The molecule has 0 saturated carbocycles. The summed E-state index contributed by atoms with van der Waals surface area (Å²) in [5, 5.41) is 10.4. The molecule has 1 atom stereocenters. The van der Waals surface area contributed by atoms with Gasteiger partial charge in [0.2, 0.25) is 11.8 Å². The largest absolute Gasteiger partial charge is 0.455 e. The molecule has 0 aliphatic carbocycles. The molecule has 0 unspecified atom stereocenters. The van der Waals surface area contributed by atoms with Crippen LogP contribution in [0.3, 0.4) is 0 Å². The van der Waals surface area contributed by atoms with Crippen molar-refractivity contribution in [3.63, 3.8) is 0 Å². The highest BCUT2D eigenvalue weighted by Gasteiger charge is 2.22. The summed E-state index contributed by atoms with van der Waals surface area (Å²) < 4.78 is 26.3. The van der Waals surface area contributed by atoms with Gasteiger partial charge in [0.05, 0.1) is 11.3 Å². The first kappa shape index (κ1) is 31.4. The number of hydrogen-bond donors (Lipinski definition) is 3. The number of aromatic nitrogens is 1. The molecule has 0 aliphatic rings. The van der Waals surface area contributed by atoms with Crippen LogP contribution >= 0.6 is 0 Å². The lowest BCUT2D eigenvalue weighted by Gasteiger charge is -2.11. The van der Waals surface area contributed by atoms with E-state index in [9.17, 15) is 9.18 Å². The van der Waals surface area contributed by atoms with Crippen molar-refractivity contribution in [2.45, 2.75) is 33.1 Å². The van der Waals surface area contributed by atoms with Crippen LogP contribution in [0.5, 0.6) is 0 Å². The third-order valence-electron chi connectivity index (χ3n) is 8.39. The van der Waals surface area contributed by atoms with Crippen LogP contribution in [0.1, 0.15) is 38.7 Å². The lowest BCUT2D eigenvalue weighted by Crippen LogP contribution is -2.20. The molecular weight excluding hydrogens is 591 g/mol. The normalized spacial score (nSPS) is 11.8. The summed E-state index contributed by atoms with van der Waals surface area (Å²) in [6.07, 6.45) is 2.94. The van der Waals surface area contributed by atoms with Crippen LogP contribution in [-0.4, -0.2) is 25.0 Å². The molecule has 2 aromatic heterocycles. The van der Waals surface area contributed by atoms with Crippen LogP contribution in [0.15, 0.2) is 100 Å². The number of fused-ring (bicyclic) bond motifs is 2. The van der Waals surface area contributed by atoms with E-state index in [1.807, 2.05) is 62.5 Å². The van der Waals surface area contributed by atoms with Gasteiger partial charge in [-0.25, -0.2) is 9.37 Å². The summed E-state index contributed by atoms with van der Waals surface area (Å²) in [7, 11) is 3.67. The molecule has 0 bridgehead atoms. The first-order valence-electron chi connectivity index (χ1n) is 15.8. The second-order valence-corrected chi connectivity index (χ2v) is 11.6. The summed E-state index contributed by atoms with van der Waals surface area (Å²) in [5.74, 6) is 0.683. The number of amides is 1. The van der Waals surface area contributed by atoms with Gasteiger partial charge in [0, 0.05) is 59.5 Å². The van der Waals surface area contributed by atoms with Crippen LogP contribution < -0.4 is 16.0 Å². The smallest absolute Gasteiger partial charge is 0.227 e. The molecule has 7 nitrogen and oxygen atoms in total. The van der Waals surface area contributed by atoms with Gasteiger partial charge >= 0.3 is 0 Å². The van der Waals surface area contributed by atoms with Gasteiger partial charge in [-0.1, -0.05) is 45.4 Å². The Balaban J connectivity index is 1.39. The van der Waals surface area contributed by atoms with Crippen molar-refractivity contribution >= 4 is 45.0 Å². The standard InChI is InChI=1S/C39H37FN4O3/c1-6-8-10-23(3)38(45)43-28-17-18-34-33(20-28)44-39(47-34)26-12-9-11-25(19-26)29-21-30-35(22-32(29)42-5)46-37(36(30)31(7-2)41-4)24-13-15-27(40)16-14-24/h9,11-23,41-42H,2,6,8,10H2,1,3-5H3,(H,43,45)/t23-/m0/s1. The minimum absolute atomic E-state index is 0.00233. The Labute approximate surface area is 273 Å². The van der Waals surface area contributed by atoms with Crippen molar-refractivity contribution in [3.05, 3.63) is 103 Å². The predicted octanol–water partition coefficient (Wildman–Crippen LogP) is 9.87. The molecule has 6 aromatic rings. The number of oxazole rings is 1. The van der Waals surface area contributed by atoms with Gasteiger partial charge in [-0.2, -0.15) is 0 Å². The van der Waals surface area contributed by atoms with E-state index in [0.29, 0.717) is 39.7 Å². The molecule has 0 spiro atoms. The number of hydrogen-bond acceptors (Lipinski definition) is 6. The molecule has 3 N–H and O–H groups in total. The summed E-state index contributed by atoms with van der Waals surface area (Å²) in [5.41, 5.74) is 11.4. The summed E-state index contributed by atoms with van der Waals surface area (Å²) in [6, 6.07) is 23.8. The van der Waals surface area contributed by atoms with E-state index >= 15 is 0 Å². The van der Waals surface area contributed by atoms with Gasteiger partial charge in [0.1, 0.15) is 22.7 Å². The molecule has 1 amide bonds. The van der Waals surface area contributed by atoms with Crippen LogP contribution in [0.25, 0.3) is 61.7 Å². The van der Waals surface area contributed by atoms with Crippen LogP contribution in [0.4, 0.5) is 15.8 Å². The molecule has 4 aromatic carbocycles. The Kier molecular flexibility index (Phi) is 8.96. The first-order valence-corrected chi connectivity index (χ1v) is 15.8. The molecule has 0 radical (unpaired) electrons. The van der Waals surface area contributed by atoms with Gasteiger partial charge in [0.15, 0.2) is 5.58 Å². The Bertz CT molecular complexity index is 2140. The van der Waals surface area contributed by atoms with E-state index in [2.05, 4.69) is 41.3 Å². The van der Waals surface area contributed by atoms with Crippen molar-refractivity contribution in [1.82, 2.24) is 10.3 Å². The van der Waals surface area contributed by atoms with Crippen molar-refractivity contribution in [2.75, 3.05) is 24.7 Å². The molecule has 47 heavy (non-hydrogen) atoms. The van der Waals surface area contributed by atoms with E-state index in [1.54, 1.807) is 19.2 Å². The van der Waals surface area contributed by atoms with Crippen LogP contribution in [-0.2, 0) is 4.79 Å². The van der Waals surface area contributed by atoms with Gasteiger partial charge in [-0.3, -0.25) is 4.79 Å². The number of carbonyl (C=O) groups excluding carboxylic acids is 1. The monoisotopic (exact) mass is 628 g/mol. The maximum absolute atomic E-state index is 13.8. The third kappa shape index (κ3) is 6.28. The molecule has 0 aliphatic heterocycles. The average Bonchev–Trinajstić information content (AvgIpc) is 3.69. The minimum Gasteiger partial charge on any atom is -0.455 e. The molecule has 2 heterocycles. The Morgan fingerprint density at radius 3 is 2.47 bits per heavy atom. The van der Waals surface area contributed by atoms with Gasteiger partial charge in [0.25, 0.3) is 0 Å². The van der Waals surface area contributed by atoms with Crippen molar-refractivity contribution < 1.29 is 18.0 Å². The number of rotatable bonds is 11. The second kappa shape index (κ2) is 13.4. The maximum Gasteiger partial charge on any atom is 0.227 e. The first-order chi connectivity index (χ1) is 22.8. The maximum atomic E-state index is 13.8. The number of carbonyl (C=O) groups is 1. The predicted molar refractivity (Wildman–Crippen MR) is 189 cm³/mol. The molecule has 0 saturated heterocycles. The summed E-state index contributed by atoms with van der Waals surface area (Å²) in [6.45, 7) is 7.96. The van der Waals surface area contributed by atoms with E-state index < -0.39 is 0 Å². The zero-order chi connectivity index (χ0) is 33.1. The van der Waals surface area contributed by atoms with Gasteiger partial charge in [-0.05, 0) is 72.6 Å². The van der Waals surface area contributed by atoms with Crippen molar-refractivity contribution in [3.8, 4) is 33.9 Å². The highest BCUT2D eigenvalue weighted by atomic mass is 19.1. The van der Waals surface area contributed by atoms with Gasteiger partial charge < -0.3 is 24.8 Å². The number of anilines is 2. The van der Waals surface area contributed by atoms with E-state index in [4.69, 9.17) is 13.8 Å². The molecular formula is C39H37FN4O3. The zero-order valence-electron chi connectivity index (χ0n) is 27.0. The lowest BCUT2D eigenvalue weighted by atomic mass is 9.96. The third-order valence-corrected chi connectivity index (χ3v) is 8.39. The lowest BCUT2D eigenvalue weighted by molar-refractivity contribution is -0.119. The minimum atomic E-state index is -0.322. The Morgan fingerprint density at radius 2 is 1.74 bits per heavy atom. The average molecular weight is 629 g/mol. The number of unbranched alkanes of at least 4 members (excludes halogenated alkanes) is 1. The van der Waals surface area contributed by atoms with Crippen molar-refractivity contribution in [1.29, 1.82) is 0 Å². The zero-order valence-corrected chi connectivity index (χ0v) is 27.0. The van der Waals surface area contributed by atoms with Gasteiger partial charge in [-0.15, -0.1) is 5.73 Å². The summed E-state index contributed by atoms with van der Waals surface area (Å²) in [4.78, 5) is 17.4. The highest BCUT2D eigenvalue weighted by Crippen LogP contribution is 2.42. The molecule has 0 fully saturated rings. The van der Waals surface area contributed by atoms with E-state index in [0.717, 1.165) is 58.2 Å². The number of halogens is 1. The number of benzene rings is 4. The fourth-order valence-corrected chi connectivity index (χ4v) is 5.80. The molecule has 8 heteroatoms. The number of furan rings is 1. The molecule has 238 valence electrons. The fraction of sp³-hybridized carbons (Fsp3) is 0.205. The number of nitrogens with zero attached hydrogens (tertiary/aromatic N) is 1. The number of nitrogens with one attached hydrogen (secondary N) is 3. The second-order valence-electron chi connectivity index (χ2n) is 11.6. The van der Waals surface area contributed by atoms with Crippen LogP contribution in [0, 0.1) is 11.7 Å². The van der Waals surface area contributed by atoms with Crippen molar-refractivity contribution in [2.24, 2.45) is 5.92 Å². The SMILES string of the molecule is C=C=C(NC)c1c(-c2ccc(F)cc2)oc2cc(NC)c(-c3cccc(-c4nc5cc(NC(=O)[C@@H](C)CCCC)ccc5o4)c3)cc12.